The van der Waals surface area contributed by atoms with Crippen molar-refractivity contribution in [3.63, 3.8) is 0 Å². The van der Waals surface area contributed by atoms with E-state index in [4.69, 9.17) is 0 Å². The molecule has 6 nitrogen and oxygen atoms in total. The summed E-state index contributed by atoms with van der Waals surface area (Å²) in [4.78, 5) is 0.171. The lowest BCUT2D eigenvalue weighted by molar-refractivity contribution is 0.391. The van der Waals surface area contributed by atoms with Crippen LogP contribution in [0.25, 0.3) is 0 Å². The lowest BCUT2D eigenvalue weighted by atomic mass is 10.0. The van der Waals surface area contributed by atoms with Crippen molar-refractivity contribution in [1.82, 2.24) is 8.61 Å². The standard InChI is InChI=1S/C17H20N2O4S2/c1-18(2)24(20,21)16-7-9-17(10-8-16)25(22,23)19-12-11-14-5-3-4-6-15(14)13-19/h3-10H,11-13H2,1-2H3. The number of hydrogen-bond acceptors (Lipinski definition) is 4. The van der Waals surface area contributed by atoms with Gasteiger partial charge in [-0.2, -0.15) is 4.31 Å². The van der Waals surface area contributed by atoms with Crippen molar-refractivity contribution < 1.29 is 16.8 Å². The fraction of sp³-hybridized carbons (Fsp3) is 0.294. The Morgan fingerprint density at radius 1 is 0.840 bits per heavy atom. The average molecular weight is 380 g/mol. The first-order chi connectivity index (χ1) is 11.7. The van der Waals surface area contributed by atoms with Crippen LogP contribution < -0.4 is 0 Å². The Hall–Kier alpha value is -1.74. The van der Waals surface area contributed by atoms with Gasteiger partial charge in [-0.05, 0) is 41.8 Å². The second kappa shape index (κ2) is 6.53. The average Bonchev–Trinajstić information content (AvgIpc) is 2.61. The third kappa shape index (κ3) is 3.35. The number of benzene rings is 2. The van der Waals surface area contributed by atoms with Crippen molar-refractivity contribution in [2.45, 2.75) is 22.8 Å². The molecule has 0 amide bonds. The molecule has 0 unspecified atom stereocenters. The lowest BCUT2D eigenvalue weighted by Crippen LogP contribution is -2.35. The van der Waals surface area contributed by atoms with Crippen LogP contribution in [0.3, 0.4) is 0 Å². The van der Waals surface area contributed by atoms with E-state index >= 15 is 0 Å². The highest BCUT2D eigenvalue weighted by Gasteiger charge is 2.28. The number of rotatable bonds is 4. The van der Waals surface area contributed by atoms with Crippen LogP contribution in [0.5, 0.6) is 0 Å². The van der Waals surface area contributed by atoms with Crippen LogP contribution in [0.1, 0.15) is 11.1 Å². The Bertz CT molecular complexity index is 982. The second-order valence-corrected chi connectivity index (χ2v) is 10.2. The fourth-order valence-corrected chi connectivity index (χ4v) is 5.14. The maximum absolute atomic E-state index is 12.9. The molecule has 8 heteroatoms. The molecule has 0 aromatic heterocycles. The van der Waals surface area contributed by atoms with Crippen molar-refractivity contribution in [3.05, 3.63) is 59.7 Å². The van der Waals surface area contributed by atoms with Crippen molar-refractivity contribution in [1.29, 1.82) is 0 Å². The highest BCUT2D eigenvalue weighted by Crippen LogP contribution is 2.25. The van der Waals surface area contributed by atoms with Crippen molar-refractivity contribution in [2.75, 3.05) is 20.6 Å². The molecule has 0 bridgehead atoms. The van der Waals surface area contributed by atoms with Gasteiger partial charge in [-0.25, -0.2) is 21.1 Å². The molecule has 0 aliphatic carbocycles. The van der Waals surface area contributed by atoms with E-state index in [1.54, 1.807) is 0 Å². The molecule has 2 aromatic carbocycles. The van der Waals surface area contributed by atoms with Gasteiger partial charge < -0.3 is 0 Å². The third-order valence-electron chi connectivity index (χ3n) is 4.34. The van der Waals surface area contributed by atoms with Gasteiger partial charge in [0.2, 0.25) is 20.0 Å². The van der Waals surface area contributed by atoms with Gasteiger partial charge in [0.15, 0.2) is 0 Å². The SMILES string of the molecule is CN(C)S(=O)(=O)c1ccc(S(=O)(=O)N2CCc3ccccc3C2)cc1. The van der Waals surface area contributed by atoms with Crippen LogP contribution in [-0.2, 0) is 33.0 Å². The maximum Gasteiger partial charge on any atom is 0.243 e. The summed E-state index contributed by atoms with van der Waals surface area (Å²) in [6.07, 6.45) is 0.669. The summed E-state index contributed by atoms with van der Waals surface area (Å²) in [6.45, 7) is 0.743. The number of hydrogen-bond donors (Lipinski definition) is 0. The van der Waals surface area contributed by atoms with Crippen molar-refractivity contribution in [3.8, 4) is 0 Å². The summed E-state index contributed by atoms with van der Waals surface area (Å²) < 4.78 is 52.4. The van der Waals surface area contributed by atoms with Gasteiger partial charge in [0.05, 0.1) is 9.79 Å². The summed E-state index contributed by atoms with van der Waals surface area (Å²) in [5.41, 5.74) is 2.17. The fourth-order valence-electron chi connectivity index (χ4n) is 2.82. The third-order valence-corrected chi connectivity index (χ3v) is 8.02. The number of nitrogens with zero attached hydrogens (tertiary/aromatic N) is 2. The van der Waals surface area contributed by atoms with Gasteiger partial charge in [-0.3, -0.25) is 0 Å². The monoisotopic (exact) mass is 380 g/mol. The molecule has 0 atom stereocenters. The zero-order valence-corrected chi connectivity index (χ0v) is 15.7. The van der Waals surface area contributed by atoms with Gasteiger partial charge in [0, 0.05) is 27.2 Å². The van der Waals surface area contributed by atoms with Gasteiger partial charge in [-0.1, -0.05) is 24.3 Å². The molecule has 0 fully saturated rings. The second-order valence-electron chi connectivity index (χ2n) is 6.12. The first-order valence-corrected chi connectivity index (χ1v) is 10.7. The summed E-state index contributed by atoms with van der Waals surface area (Å²) in [7, 11) is -4.37. The lowest BCUT2D eigenvalue weighted by Gasteiger charge is -2.28. The molecule has 3 rings (SSSR count). The highest BCUT2D eigenvalue weighted by atomic mass is 32.2. The van der Waals surface area contributed by atoms with Crippen LogP contribution in [-0.4, -0.2) is 46.1 Å². The molecule has 0 saturated carbocycles. The van der Waals surface area contributed by atoms with E-state index in [1.807, 2.05) is 24.3 Å². The zero-order valence-electron chi connectivity index (χ0n) is 14.1. The van der Waals surface area contributed by atoms with E-state index in [9.17, 15) is 16.8 Å². The molecule has 0 saturated heterocycles. The maximum atomic E-state index is 12.9. The first-order valence-electron chi connectivity index (χ1n) is 7.82. The van der Waals surface area contributed by atoms with Crippen LogP contribution in [0.15, 0.2) is 58.3 Å². The molecular formula is C17H20N2O4S2. The van der Waals surface area contributed by atoms with Crippen LogP contribution in [0, 0.1) is 0 Å². The van der Waals surface area contributed by atoms with E-state index in [0.29, 0.717) is 19.5 Å². The van der Waals surface area contributed by atoms with Gasteiger partial charge >= 0.3 is 0 Å². The highest BCUT2D eigenvalue weighted by molar-refractivity contribution is 7.89. The Morgan fingerprint density at radius 2 is 1.40 bits per heavy atom. The molecule has 134 valence electrons. The van der Waals surface area contributed by atoms with E-state index in [2.05, 4.69) is 0 Å². The van der Waals surface area contributed by atoms with E-state index < -0.39 is 20.0 Å². The van der Waals surface area contributed by atoms with Gasteiger partial charge in [0.1, 0.15) is 0 Å². The van der Waals surface area contributed by atoms with Crippen molar-refractivity contribution in [2.24, 2.45) is 0 Å². The Kier molecular flexibility index (Phi) is 4.72. The molecule has 1 heterocycles. The normalized spacial score (nSPS) is 16.0. The molecule has 0 radical (unpaired) electrons. The minimum Gasteiger partial charge on any atom is -0.207 e. The molecule has 25 heavy (non-hydrogen) atoms. The topological polar surface area (TPSA) is 74.8 Å². The molecule has 2 aromatic rings. The van der Waals surface area contributed by atoms with Crippen LogP contribution >= 0.6 is 0 Å². The number of fused-ring (bicyclic) bond motifs is 1. The Labute approximate surface area is 148 Å². The van der Waals surface area contributed by atoms with E-state index in [1.165, 1.54) is 48.2 Å². The molecular weight excluding hydrogens is 360 g/mol. The smallest absolute Gasteiger partial charge is 0.207 e. The van der Waals surface area contributed by atoms with Crippen LogP contribution in [0.4, 0.5) is 0 Å². The molecule has 0 spiro atoms. The summed E-state index contributed by atoms with van der Waals surface area (Å²) in [5.74, 6) is 0. The van der Waals surface area contributed by atoms with Crippen LogP contribution in [0.2, 0.25) is 0 Å². The molecule has 1 aliphatic heterocycles. The largest absolute Gasteiger partial charge is 0.243 e. The quantitative estimate of drug-likeness (QED) is 0.809. The summed E-state index contributed by atoms with van der Waals surface area (Å²) >= 11 is 0. The molecule has 1 aliphatic rings. The predicted molar refractivity (Wildman–Crippen MR) is 95.1 cm³/mol. The minimum absolute atomic E-state index is 0.0699. The van der Waals surface area contributed by atoms with Crippen molar-refractivity contribution >= 4 is 20.0 Å². The Morgan fingerprint density at radius 3 is 2.00 bits per heavy atom. The molecule has 0 N–H and O–H groups in total. The van der Waals surface area contributed by atoms with Gasteiger partial charge in [-0.15, -0.1) is 0 Å². The summed E-state index contributed by atoms with van der Waals surface area (Å²) in [5, 5.41) is 0. The predicted octanol–water partition coefficient (Wildman–Crippen LogP) is 1.68. The summed E-state index contributed by atoms with van der Waals surface area (Å²) in [6, 6.07) is 13.2. The van der Waals surface area contributed by atoms with Gasteiger partial charge in [0.25, 0.3) is 0 Å². The van der Waals surface area contributed by atoms with E-state index in [0.717, 1.165) is 9.87 Å². The van der Waals surface area contributed by atoms with E-state index in [-0.39, 0.29) is 9.79 Å². The number of sulfonamides is 2. The zero-order chi connectivity index (χ0) is 18.2. The Balaban J connectivity index is 1.89. The first kappa shape index (κ1) is 18.1. The minimum atomic E-state index is -3.66.